The zero-order chi connectivity index (χ0) is 25.0. The van der Waals surface area contributed by atoms with Gasteiger partial charge in [-0.2, -0.15) is 0 Å². The molecular weight excluding hydrogens is 440 g/mol. The second kappa shape index (κ2) is 12.9. The van der Waals surface area contributed by atoms with Crippen LogP contribution in [0.3, 0.4) is 0 Å². The van der Waals surface area contributed by atoms with Gasteiger partial charge in [0.05, 0.1) is 6.42 Å². The second-order valence-electron chi connectivity index (χ2n) is 7.91. The molecule has 0 aliphatic rings. The van der Waals surface area contributed by atoms with E-state index >= 15 is 0 Å². The topological polar surface area (TPSA) is 79.7 Å². The number of ketones is 2. The van der Waals surface area contributed by atoms with Gasteiger partial charge in [0.25, 0.3) is 0 Å². The van der Waals surface area contributed by atoms with Crippen LogP contribution >= 0.6 is 0 Å². The molecule has 35 heavy (non-hydrogen) atoms. The highest BCUT2D eigenvalue weighted by atomic mass is 16.5. The fourth-order valence-electron chi connectivity index (χ4n) is 3.46. The average molecular weight is 471 g/mol. The number of aromatic nitrogens is 1. The van der Waals surface area contributed by atoms with Crippen LogP contribution in [0.2, 0.25) is 0 Å². The molecule has 0 amide bonds. The summed E-state index contributed by atoms with van der Waals surface area (Å²) >= 11 is 0. The molecule has 0 fully saturated rings. The van der Waals surface area contributed by atoms with Crippen molar-refractivity contribution in [3.05, 3.63) is 95.8 Å². The van der Waals surface area contributed by atoms with E-state index in [9.17, 15) is 14.7 Å². The van der Waals surface area contributed by atoms with E-state index in [4.69, 9.17) is 4.74 Å². The highest BCUT2D eigenvalue weighted by Gasteiger charge is 2.09. The summed E-state index contributed by atoms with van der Waals surface area (Å²) in [5.74, 6) is 0.220. The maximum Gasteiger partial charge on any atom is 0.163 e. The fourth-order valence-corrected chi connectivity index (χ4v) is 3.46. The Bertz CT molecular complexity index is 1180. The smallest absolute Gasteiger partial charge is 0.163 e. The van der Waals surface area contributed by atoms with Gasteiger partial charge in [-0.15, -0.1) is 0 Å². The molecule has 3 aromatic rings. The number of phenolic OH excluding ortho intramolecular Hbond substituents is 1. The molecule has 3 rings (SSSR count). The van der Waals surface area contributed by atoms with Crippen molar-refractivity contribution in [2.75, 3.05) is 18.0 Å². The van der Waals surface area contributed by atoms with Crippen molar-refractivity contribution in [2.24, 2.45) is 0 Å². The molecule has 6 heteroatoms. The molecule has 0 radical (unpaired) electrons. The number of pyridine rings is 1. The quantitative estimate of drug-likeness (QED) is 0.279. The Labute approximate surface area is 206 Å². The Balaban J connectivity index is 1.70. The van der Waals surface area contributed by atoms with Gasteiger partial charge in [0.2, 0.25) is 0 Å². The molecule has 6 nitrogen and oxygen atoms in total. The molecule has 0 unspecified atom stereocenters. The van der Waals surface area contributed by atoms with E-state index in [1.54, 1.807) is 36.7 Å². The summed E-state index contributed by atoms with van der Waals surface area (Å²) in [5.41, 5.74) is 3.50. The van der Waals surface area contributed by atoms with Crippen LogP contribution in [0.25, 0.3) is 12.2 Å². The molecule has 0 atom stereocenters. The first-order chi connectivity index (χ1) is 17.0. The maximum absolute atomic E-state index is 12.4. The summed E-state index contributed by atoms with van der Waals surface area (Å²) in [5, 5.41) is 9.33. The molecule has 1 heterocycles. The monoisotopic (exact) mass is 470 g/mol. The van der Waals surface area contributed by atoms with E-state index in [-0.39, 0.29) is 23.7 Å². The number of hydrogen-bond donors (Lipinski definition) is 1. The van der Waals surface area contributed by atoms with Crippen molar-refractivity contribution in [2.45, 2.75) is 26.9 Å². The summed E-state index contributed by atoms with van der Waals surface area (Å²) in [6.07, 6.45) is 9.33. The number of carbonyl (C=O) groups is 2. The number of allylic oxidation sites excluding steroid dienone is 2. The summed E-state index contributed by atoms with van der Waals surface area (Å²) in [4.78, 5) is 30.9. The summed E-state index contributed by atoms with van der Waals surface area (Å²) in [7, 11) is 0. The van der Waals surface area contributed by atoms with Gasteiger partial charge < -0.3 is 14.7 Å². The molecule has 0 saturated heterocycles. The van der Waals surface area contributed by atoms with Crippen LogP contribution in [-0.2, 0) is 16.2 Å². The van der Waals surface area contributed by atoms with E-state index < -0.39 is 0 Å². The predicted octanol–water partition coefficient (Wildman–Crippen LogP) is 5.47. The Morgan fingerprint density at radius 3 is 2.34 bits per heavy atom. The Hall–Kier alpha value is -4.19. The summed E-state index contributed by atoms with van der Waals surface area (Å²) < 4.78 is 6.09. The maximum atomic E-state index is 12.4. The van der Waals surface area contributed by atoms with Crippen molar-refractivity contribution >= 4 is 29.4 Å². The minimum Gasteiger partial charge on any atom is -0.508 e. The third kappa shape index (κ3) is 7.96. The first kappa shape index (κ1) is 25.4. The second-order valence-corrected chi connectivity index (χ2v) is 7.91. The van der Waals surface area contributed by atoms with Gasteiger partial charge >= 0.3 is 0 Å². The van der Waals surface area contributed by atoms with Crippen LogP contribution in [0.4, 0.5) is 5.69 Å². The third-order valence-corrected chi connectivity index (χ3v) is 5.39. The summed E-state index contributed by atoms with van der Waals surface area (Å²) in [6, 6.07) is 16.1. The zero-order valence-electron chi connectivity index (χ0n) is 20.1. The van der Waals surface area contributed by atoms with E-state index in [1.807, 2.05) is 30.3 Å². The molecule has 0 aliphatic carbocycles. The van der Waals surface area contributed by atoms with Crippen molar-refractivity contribution in [1.82, 2.24) is 4.98 Å². The van der Waals surface area contributed by atoms with Gasteiger partial charge in [-0.25, -0.2) is 0 Å². The number of aromatic hydroxyl groups is 1. The Morgan fingerprint density at radius 1 is 0.971 bits per heavy atom. The molecule has 2 aromatic carbocycles. The number of ether oxygens (including phenoxy) is 1. The lowest BCUT2D eigenvalue weighted by Crippen LogP contribution is -2.21. The third-order valence-electron chi connectivity index (χ3n) is 5.39. The molecule has 0 aliphatic heterocycles. The standard InChI is InChI=1S/C29H30N2O4/c1-3-31(4-2)25-12-10-24(29(18-25)35-21-23-6-5-17-30-20-23)11-16-28(34)19-27(33)15-9-22-7-13-26(32)14-8-22/h5-18,20,32H,3-4,19,21H2,1-2H3/b15-9+,16-11+. The van der Waals surface area contributed by atoms with Gasteiger partial charge in [-0.05, 0) is 68.0 Å². The molecule has 180 valence electrons. The van der Waals surface area contributed by atoms with Crippen LogP contribution in [0.1, 0.15) is 37.0 Å². The number of nitrogens with zero attached hydrogens (tertiary/aromatic N) is 2. The van der Waals surface area contributed by atoms with Gasteiger partial charge in [0, 0.05) is 48.4 Å². The molecule has 1 aromatic heterocycles. The fraction of sp³-hybridized carbons (Fsp3) is 0.207. The number of anilines is 1. The lowest BCUT2D eigenvalue weighted by Gasteiger charge is -2.22. The van der Waals surface area contributed by atoms with Gasteiger partial charge in [-0.1, -0.05) is 24.3 Å². The zero-order valence-corrected chi connectivity index (χ0v) is 20.1. The highest BCUT2D eigenvalue weighted by molar-refractivity contribution is 6.11. The SMILES string of the molecule is CCN(CC)c1ccc(/C=C/C(=O)CC(=O)/C=C/c2ccc(O)cc2)c(OCc2cccnc2)c1. The van der Waals surface area contributed by atoms with Crippen LogP contribution in [0.15, 0.2) is 79.1 Å². The Morgan fingerprint density at radius 2 is 1.69 bits per heavy atom. The van der Waals surface area contributed by atoms with Crippen LogP contribution in [0, 0.1) is 0 Å². The average Bonchev–Trinajstić information content (AvgIpc) is 2.88. The molecule has 0 saturated carbocycles. The van der Waals surface area contributed by atoms with Crippen molar-refractivity contribution < 1.29 is 19.4 Å². The van der Waals surface area contributed by atoms with Gasteiger partial charge in [-0.3, -0.25) is 14.6 Å². The largest absolute Gasteiger partial charge is 0.508 e. The van der Waals surface area contributed by atoms with E-state index in [0.29, 0.717) is 12.4 Å². The van der Waals surface area contributed by atoms with E-state index in [1.165, 1.54) is 24.3 Å². The first-order valence-electron chi connectivity index (χ1n) is 11.6. The lowest BCUT2D eigenvalue weighted by atomic mass is 10.1. The van der Waals surface area contributed by atoms with E-state index in [0.717, 1.165) is 35.5 Å². The first-order valence-corrected chi connectivity index (χ1v) is 11.6. The molecule has 1 N–H and O–H groups in total. The van der Waals surface area contributed by atoms with Crippen molar-refractivity contribution in [3.8, 4) is 11.5 Å². The molecular formula is C29H30N2O4. The van der Waals surface area contributed by atoms with Gasteiger partial charge in [0.1, 0.15) is 18.1 Å². The Kier molecular flexibility index (Phi) is 9.37. The van der Waals surface area contributed by atoms with Crippen molar-refractivity contribution in [3.63, 3.8) is 0 Å². The lowest BCUT2D eigenvalue weighted by molar-refractivity contribution is -0.121. The van der Waals surface area contributed by atoms with Crippen molar-refractivity contribution in [1.29, 1.82) is 0 Å². The van der Waals surface area contributed by atoms with Gasteiger partial charge in [0.15, 0.2) is 11.6 Å². The van der Waals surface area contributed by atoms with Crippen LogP contribution in [0.5, 0.6) is 11.5 Å². The molecule has 0 bridgehead atoms. The number of carbonyl (C=O) groups excluding carboxylic acids is 2. The normalized spacial score (nSPS) is 11.1. The molecule has 0 spiro atoms. The van der Waals surface area contributed by atoms with Crippen LogP contribution in [-0.4, -0.2) is 34.7 Å². The number of phenols is 1. The highest BCUT2D eigenvalue weighted by Crippen LogP contribution is 2.28. The summed E-state index contributed by atoms with van der Waals surface area (Å²) in [6.45, 7) is 6.28. The number of benzene rings is 2. The number of hydrogen-bond acceptors (Lipinski definition) is 6. The van der Waals surface area contributed by atoms with Crippen LogP contribution < -0.4 is 9.64 Å². The minimum absolute atomic E-state index is 0.155. The minimum atomic E-state index is -0.295. The predicted molar refractivity (Wildman–Crippen MR) is 139 cm³/mol. The van der Waals surface area contributed by atoms with E-state index in [2.05, 4.69) is 23.7 Å². The number of rotatable bonds is 12.